The number of hydrogen-bond acceptors (Lipinski definition) is 7. The van der Waals surface area contributed by atoms with Crippen molar-refractivity contribution in [2.75, 3.05) is 44.9 Å². The van der Waals surface area contributed by atoms with Gasteiger partial charge in [-0.2, -0.15) is 0 Å². The predicted octanol–water partition coefficient (Wildman–Crippen LogP) is 4.47. The van der Waals surface area contributed by atoms with Gasteiger partial charge in [0.15, 0.2) is 11.0 Å². The Morgan fingerprint density at radius 2 is 1.72 bits per heavy atom. The third-order valence-electron chi connectivity index (χ3n) is 5.65. The van der Waals surface area contributed by atoms with Crippen LogP contribution in [0.5, 0.6) is 11.5 Å². The highest BCUT2D eigenvalue weighted by Crippen LogP contribution is 2.29. The van der Waals surface area contributed by atoms with E-state index in [-0.39, 0.29) is 0 Å². The van der Waals surface area contributed by atoms with Gasteiger partial charge in [-0.05, 0) is 62.3 Å². The number of aromatic nitrogens is 3. The lowest BCUT2D eigenvalue weighted by atomic mass is 10.1. The number of piperidine rings is 1. The van der Waals surface area contributed by atoms with Gasteiger partial charge in [-0.3, -0.25) is 4.57 Å². The van der Waals surface area contributed by atoms with E-state index in [9.17, 15) is 0 Å². The van der Waals surface area contributed by atoms with Crippen LogP contribution in [0.1, 0.15) is 25.1 Å². The first-order valence-electron chi connectivity index (χ1n) is 11.1. The first-order valence-corrected chi connectivity index (χ1v) is 12.1. The standard InChI is InChI=1S/C24H31N5O2S/c1-30-20-12-10-19(11-13-20)25-18-23-26-27-24(32-17-16-28-14-6-3-7-15-28)29(23)21-8-4-5-9-22(21)31-2/h4-5,8-13,25H,3,6-7,14-18H2,1-2H3. The van der Waals surface area contributed by atoms with Crippen molar-refractivity contribution in [1.82, 2.24) is 19.7 Å². The average Bonchev–Trinajstić information content (AvgIpc) is 3.26. The quantitative estimate of drug-likeness (QED) is 0.454. The second-order valence-corrected chi connectivity index (χ2v) is 8.80. The monoisotopic (exact) mass is 453 g/mol. The molecule has 1 aromatic heterocycles. The van der Waals surface area contributed by atoms with E-state index in [1.807, 2.05) is 48.5 Å². The van der Waals surface area contributed by atoms with E-state index < -0.39 is 0 Å². The maximum Gasteiger partial charge on any atom is 0.196 e. The summed E-state index contributed by atoms with van der Waals surface area (Å²) in [6, 6.07) is 15.9. The molecule has 0 unspecified atom stereocenters. The van der Waals surface area contributed by atoms with Gasteiger partial charge in [0.25, 0.3) is 0 Å². The SMILES string of the molecule is COc1ccc(NCc2nnc(SCCN3CCCCC3)n2-c2ccccc2OC)cc1. The lowest BCUT2D eigenvalue weighted by Crippen LogP contribution is -2.31. The van der Waals surface area contributed by atoms with Gasteiger partial charge in [-0.25, -0.2) is 0 Å². The number of ether oxygens (including phenoxy) is 2. The van der Waals surface area contributed by atoms with Crippen LogP contribution in [0.25, 0.3) is 5.69 Å². The first kappa shape index (κ1) is 22.5. The molecule has 0 amide bonds. The van der Waals surface area contributed by atoms with Crippen molar-refractivity contribution in [3.63, 3.8) is 0 Å². The summed E-state index contributed by atoms with van der Waals surface area (Å²) in [5, 5.41) is 13.4. The Morgan fingerprint density at radius 1 is 0.938 bits per heavy atom. The van der Waals surface area contributed by atoms with Gasteiger partial charge in [0.1, 0.15) is 11.5 Å². The summed E-state index contributed by atoms with van der Waals surface area (Å²) in [6.45, 7) is 4.03. The average molecular weight is 454 g/mol. The number of likely N-dealkylation sites (tertiary alicyclic amines) is 1. The Hall–Kier alpha value is -2.71. The fraction of sp³-hybridized carbons (Fsp3) is 0.417. The number of anilines is 1. The molecule has 2 aromatic carbocycles. The van der Waals surface area contributed by atoms with E-state index in [0.717, 1.165) is 46.2 Å². The number of thioether (sulfide) groups is 1. The Kier molecular flexibility index (Phi) is 7.90. The lowest BCUT2D eigenvalue weighted by molar-refractivity contribution is 0.242. The molecule has 7 nitrogen and oxygen atoms in total. The Balaban J connectivity index is 1.52. The number of nitrogens with one attached hydrogen (secondary N) is 1. The summed E-state index contributed by atoms with van der Waals surface area (Å²) < 4.78 is 13.0. The molecule has 0 saturated carbocycles. The highest BCUT2D eigenvalue weighted by atomic mass is 32.2. The molecule has 4 rings (SSSR count). The van der Waals surface area contributed by atoms with Gasteiger partial charge < -0.3 is 19.7 Å². The molecular formula is C24H31N5O2S. The van der Waals surface area contributed by atoms with Crippen LogP contribution >= 0.6 is 11.8 Å². The van der Waals surface area contributed by atoms with Crippen LogP contribution in [0.3, 0.4) is 0 Å². The van der Waals surface area contributed by atoms with Crippen molar-refractivity contribution < 1.29 is 9.47 Å². The molecule has 1 aliphatic heterocycles. The van der Waals surface area contributed by atoms with E-state index in [4.69, 9.17) is 9.47 Å². The van der Waals surface area contributed by atoms with E-state index >= 15 is 0 Å². The number of rotatable bonds is 10. The zero-order chi connectivity index (χ0) is 22.2. The number of nitrogens with zero attached hydrogens (tertiary/aromatic N) is 4. The van der Waals surface area contributed by atoms with Crippen molar-refractivity contribution in [2.24, 2.45) is 0 Å². The van der Waals surface area contributed by atoms with Crippen molar-refractivity contribution in [3.05, 3.63) is 54.4 Å². The van der Waals surface area contributed by atoms with Gasteiger partial charge >= 0.3 is 0 Å². The van der Waals surface area contributed by atoms with Crippen LogP contribution in [0.15, 0.2) is 53.7 Å². The molecule has 32 heavy (non-hydrogen) atoms. The fourth-order valence-electron chi connectivity index (χ4n) is 3.90. The molecule has 0 radical (unpaired) electrons. The van der Waals surface area contributed by atoms with Crippen molar-refractivity contribution in [1.29, 1.82) is 0 Å². The van der Waals surface area contributed by atoms with E-state index in [1.165, 1.54) is 32.4 Å². The second-order valence-electron chi connectivity index (χ2n) is 7.74. The van der Waals surface area contributed by atoms with Gasteiger partial charge in [-0.15, -0.1) is 10.2 Å². The molecule has 1 saturated heterocycles. The van der Waals surface area contributed by atoms with E-state index in [0.29, 0.717) is 6.54 Å². The number of para-hydroxylation sites is 2. The molecule has 8 heteroatoms. The molecule has 0 bridgehead atoms. The summed E-state index contributed by atoms with van der Waals surface area (Å²) >= 11 is 1.75. The van der Waals surface area contributed by atoms with Crippen molar-refractivity contribution in [3.8, 4) is 17.2 Å². The van der Waals surface area contributed by atoms with E-state index in [2.05, 4.69) is 25.0 Å². The minimum Gasteiger partial charge on any atom is -0.497 e. The highest BCUT2D eigenvalue weighted by molar-refractivity contribution is 7.99. The molecule has 0 aliphatic carbocycles. The third kappa shape index (κ3) is 5.55. The third-order valence-corrected chi connectivity index (χ3v) is 6.56. The van der Waals surface area contributed by atoms with Crippen molar-refractivity contribution in [2.45, 2.75) is 31.0 Å². The molecule has 0 spiro atoms. The Bertz CT molecular complexity index is 986. The van der Waals surface area contributed by atoms with Gasteiger partial charge in [0.05, 0.1) is 26.5 Å². The van der Waals surface area contributed by atoms with Crippen LogP contribution in [-0.4, -0.2) is 59.3 Å². The smallest absolute Gasteiger partial charge is 0.196 e. The summed E-state index contributed by atoms with van der Waals surface area (Å²) in [6.07, 6.45) is 3.98. The van der Waals surface area contributed by atoms with Crippen LogP contribution in [0.4, 0.5) is 5.69 Å². The van der Waals surface area contributed by atoms with E-state index in [1.54, 1.807) is 26.0 Å². The second kappa shape index (κ2) is 11.2. The molecule has 2 heterocycles. The topological polar surface area (TPSA) is 64.4 Å². The molecule has 1 N–H and O–H groups in total. The predicted molar refractivity (Wildman–Crippen MR) is 129 cm³/mol. The fourth-order valence-corrected chi connectivity index (χ4v) is 4.87. The zero-order valence-corrected chi connectivity index (χ0v) is 19.6. The summed E-state index contributed by atoms with van der Waals surface area (Å²) in [5.74, 6) is 3.46. The molecule has 1 aliphatic rings. The van der Waals surface area contributed by atoms with Crippen LogP contribution in [-0.2, 0) is 6.54 Å². The van der Waals surface area contributed by atoms with Crippen LogP contribution in [0.2, 0.25) is 0 Å². The van der Waals surface area contributed by atoms with Gasteiger partial charge in [-0.1, -0.05) is 30.3 Å². The van der Waals surface area contributed by atoms with Crippen molar-refractivity contribution >= 4 is 17.4 Å². The highest BCUT2D eigenvalue weighted by Gasteiger charge is 2.18. The first-order chi connectivity index (χ1) is 15.8. The summed E-state index contributed by atoms with van der Waals surface area (Å²) in [4.78, 5) is 2.55. The summed E-state index contributed by atoms with van der Waals surface area (Å²) in [5.41, 5.74) is 1.95. The summed E-state index contributed by atoms with van der Waals surface area (Å²) in [7, 11) is 3.37. The van der Waals surface area contributed by atoms with Gasteiger partial charge in [0, 0.05) is 18.0 Å². The normalized spacial score (nSPS) is 14.3. The minimum atomic E-state index is 0.546. The largest absolute Gasteiger partial charge is 0.497 e. The minimum absolute atomic E-state index is 0.546. The van der Waals surface area contributed by atoms with Gasteiger partial charge in [0.2, 0.25) is 0 Å². The Morgan fingerprint density at radius 3 is 2.47 bits per heavy atom. The maximum absolute atomic E-state index is 5.64. The molecular weight excluding hydrogens is 422 g/mol. The number of methoxy groups -OCH3 is 2. The van der Waals surface area contributed by atoms with Crippen LogP contribution < -0.4 is 14.8 Å². The zero-order valence-electron chi connectivity index (χ0n) is 18.8. The molecule has 0 atom stereocenters. The lowest BCUT2D eigenvalue weighted by Gasteiger charge is -2.26. The molecule has 3 aromatic rings. The number of hydrogen-bond donors (Lipinski definition) is 1. The molecule has 170 valence electrons. The number of benzene rings is 2. The maximum atomic E-state index is 5.64. The molecule has 1 fully saturated rings. The van der Waals surface area contributed by atoms with Crippen LogP contribution in [0, 0.1) is 0 Å². The Labute approximate surface area is 194 Å².